The van der Waals surface area contributed by atoms with E-state index in [1.54, 1.807) is 6.33 Å². The molecule has 4 rings (SSSR count). The van der Waals surface area contributed by atoms with Gasteiger partial charge in [-0.15, -0.1) is 0 Å². The number of imidazole rings is 1. The molecule has 0 unspecified atom stereocenters. The van der Waals surface area contributed by atoms with Gasteiger partial charge in [0.05, 0.1) is 23.6 Å². The van der Waals surface area contributed by atoms with Crippen LogP contribution in [0.15, 0.2) is 59.9 Å². The van der Waals surface area contributed by atoms with E-state index in [4.69, 9.17) is 21.3 Å². The maximum absolute atomic E-state index is 12.7. The first-order valence-corrected chi connectivity index (χ1v) is 9.41. The highest BCUT2D eigenvalue weighted by atomic mass is 35.5. The van der Waals surface area contributed by atoms with Gasteiger partial charge in [0.25, 0.3) is 0 Å². The predicted molar refractivity (Wildman–Crippen MR) is 110 cm³/mol. The third kappa shape index (κ3) is 3.34. The van der Waals surface area contributed by atoms with Gasteiger partial charge in [0, 0.05) is 16.1 Å². The van der Waals surface area contributed by atoms with Gasteiger partial charge in [-0.25, -0.2) is 9.78 Å². The number of rotatable bonds is 2. The fourth-order valence-corrected chi connectivity index (χ4v) is 3.46. The van der Waals surface area contributed by atoms with Crippen molar-refractivity contribution in [3.8, 4) is 5.69 Å². The molecule has 28 heavy (non-hydrogen) atoms. The van der Waals surface area contributed by atoms with Gasteiger partial charge in [0.1, 0.15) is 11.9 Å². The number of fused-ring (bicyclic) bond motifs is 3. The fourth-order valence-electron chi connectivity index (χ4n) is 3.24. The molecule has 1 aliphatic heterocycles. The van der Waals surface area contributed by atoms with Gasteiger partial charge in [0.15, 0.2) is 5.69 Å². The van der Waals surface area contributed by atoms with Crippen LogP contribution in [0.3, 0.4) is 0 Å². The lowest BCUT2D eigenvalue weighted by molar-refractivity contribution is 0.00621. The lowest BCUT2D eigenvalue weighted by Crippen LogP contribution is -2.24. The second-order valence-electron chi connectivity index (χ2n) is 7.57. The molecular formula is C22H20ClN3O2. The van der Waals surface area contributed by atoms with E-state index >= 15 is 0 Å². The first-order chi connectivity index (χ1) is 13.3. The minimum atomic E-state index is -0.595. The Labute approximate surface area is 168 Å². The van der Waals surface area contributed by atoms with Crippen LogP contribution in [0, 0.1) is 0 Å². The topological polar surface area (TPSA) is 56.5 Å². The van der Waals surface area contributed by atoms with Crippen LogP contribution in [0.5, 0.6) is 0 Å². The summed E-state index contributed by atoms with van der Waals surface area (Å²) in [5.74, 6) is -0.449. The van der Waals surface area contributed by atoms with Gasteiger partial charge >= 0.3 is 5.97 Å². The molecule has 142 valence electrons. The highest BCUT2D eigenvalue weighted by Crippen LogP contribution is 2.29. The van der Waals surface area contributed by atoms with Crippen molar-refractivity contribution in [2.45, 2.75) is 32.9 Å². The highest BCUT2D eigenvalue weighted by molar-refractivity contribution is 6.35. The average molecular weight is 394 g/mol. The molecular weight excluding hydrogens is 374 g/mol. The highest BCUT2D eigenvalue weighted by Gasteiger charge is 2.27. The minimum absolute atomic E-state index is 0.286. The standard InChI is InChI=1S/C22H20ClN3O2/c1-22(2,3)28-21(27)20-18-12-24-19(14-8-4-6-10-16(14)23)15-9-5-7-11-17(15)26(18)13-25-20/h4-11,13H,12H2,1-3H3. The molecule has 0 bridgehead atoms. The molecule has 0 saturated carbocycles. The summed E-state index contributed by atoms with van der Waals surface area (Å²) >= 11 is 6.44. The minimum Gasteiger partial charge on any atom is -0.455 e. The SMILES string of the molecule is CC(C)(C)OC(=O)c1ncn2c1CN=C(c1ccccc1Cl)c1ccccc1-2. The zero-order valence-electron chi connectivity index (χ0n) is 15.9. The van der Waals surface area contributed by atoms with Crippen LogP contribution < -0.4 is 0 Å². The van der Waals surface area contributed by atoms with E-state index in [1.807, 2.05) is 73.9 Å². The first-order valence-electron chi connectivity index (χ1n) is 9.04. The second kappa shape index (κ2) is 6.91. The van der Waals surface area contributed by atoms with Crippen LogP contribution in [0.2, 0.25) is 5.02 Å². The van der Waals surface area contributed by atoms with Crippen LogP contribution in [-0.4, -0.2) is 26.8 Å². The largest absolute Gasteiger partial charge is 0.455 e. The molecule has 2 heterocycles. The molecule has 0 spiro atoms. The number of benzene rings is 2. The maximum atomic E-state index is 12.7. The van der Waals surface area contributed by atoms with E-state index in [-0.39, 0.29) is 5.69 Å². The Balaban J connectivity index is 1.86. The van der Waals surface area contributed by atoms with Crippen molar-refractivity contribution in [1.82, 2.24) is 9.55 Å². The Morgan fingerprint density at radius 1 is 1.07 bits per heavy atom. The Morgan fingerprint density at radius 3 is 2.46 bits per heavy atom. The summed E-state index contributed by atoms with van der Waals surface area (Å²) in [7, 11) is 0. The molecule has 3 aromatic rings. The zero-order chi connectivity index (χ0) is 19.9. The van der Waals surface area contributed by atoms with Crippen LogP contribution >= 0.6 is 11.6 Å². The van der Waals surface area contributed by atoms with E-state index in [1.165, 1.54) is 0 Å². The first kappa shape index (κ1) is 18.4. The lowest BCUT2D eigenvalue weighted by atomic mass is 10.0. The number of carbonyl (C=O) groups is 1. The van der Waals surface area contributed by atoms with E-state index in [0.29, 0.717) is 17.3 Å². The molecule has 1 aliphatic rings. The monoisotopic (exact) mass is 393 g/mol. The summed E-state index contributed by atoms with van der Waals surface area (Å²) in [6.07, 6.45) is 1.65. The van der Waals surface area contributed by atoms with Crippen molar-refractivity contribution < 1.29 is 9.53 Å². The number of hydrogen-bond donors (Lipinski definition) is 0. The Morgan fingerprint density at radius 2 is 1.75 bits per heavy atom. The summed E-state index contributed by atoms with van der Waals surface area (Å²) in [5.41, 5.74) is 3.87. The van der Waals surface area contributed by atoms with Gasteiger partial charge < -0.3 is 4.74 Å². The van der Waals surface area contributed by atoms with Crippen molar-refractivity contribution in [2.75, 3.05) is 0 Å². The Bertz CT molecular complexity index is 1090. The number of aliphatic imine (C=N–C) groups is 1. The van der Waals surface area contributed by atoms with Gasteiger partial charge in [0.2, 0.25) is 0 Å². The summed E-state index contributed by atoms with van der Waals surface area (Å²) in [6, 6.07) is 15.5. The van der Waals surface area contributed by atoms with Gasteiger partial charge in [-0.3, -0.25) is 9.56 Å². The maximum Gasteiger partial charge on any atom is 0.359 e. The lowest BCUT2D eigenvalue weighted by Gasteiger charge is -2.19. The van der Waals surface area contributed by atoms with Crippen LogP contribution in [0.4, 0.5) is 0 Å². The third-order valence-corrected chi connectivity index (χ3v) is 4.72. The van der Waals surface area contributed by atoms with Crippen molar-refractivity contribution in [3.63, 3.8) is 0 Å². The Kier molecular flexibility index (Phi) is 4.55. The normalized spacial score (nSPS) is 13.2. The molecule has 0 saturated heterocycles. The number of aromatic nitrogens is 2. The molecule has 0 amide bonds. The zero-order valence-corrected chi connectivity index (χ0v) is 16.7. The molecule has 0 aliphatic carbocycles. The summed E-state index contributed by atoms with van der Waals surface area (Å²) in [4.78, 5) is 21.8. The summed E-state index contributed by atoms with van der Waals surface area (Å²) in [6.45, 7) is 5.80. The van der Waals surface area contributed by atoms with Crippen LogP contribution in [-0.2, 0) is 11.3 Å². The third-order valence-electron chi connectivity index (χ3n) is 4.39. The van der Waals surface area contributed by atoms with Crippen LogP contribution in [0.1, 0.15) is 48.1 Å². The van der Waals surface area contributed by atoms with Gasteiger partial charge in [-0.05, 0) is 32.9 Å². The molecule has 0 fully saturated rings. The van der Waals surface area contributed by atoms with Crippen LogP contribution in [0.25, 0.3) is 5.69 Å². The number of hydrogen-bond acceptors (Lipinski definition) is 4. The van der Waals surface area contributed by atoms with Gasteiger partial charge in [-0.2, -0.15) is 0 Å². The molecule has 5 nitrogen and oxygen atoms in total. The molecule has 0 atom stereocenters. The van der Waals surface area contributed by atoms with Crippen molar-refractivity contribution in [2.24, 2.45) is 4.99 Å². The van der Waals surface area contributed by atoms with E-state index in [2.05, 4.69) is 4.98 Å². The molecule has 6 heteroatoms. The van der Waals surface area contributed by atoms with E-state index in [0.717, 1.165) is 22.5 Å². The summed E-state index contributed by atoms with van der Waals surface area (Å²) < 4.78 is 7.43. The summed E-state index contributed by atoms with van der Waals surface area (Å²) in [5, 5.41) is 0.633. The molecule has 0 N–H and O–H groups in total. The van der Waals surface area contributed by atoms with E-state index in [9.17, 15) is 4.79 Å². The smallest absolute Gasteiger partial charge is 0.359 e. The molecule has 0 radical (unpaired) electrons. The predicted octanol–water partition coefficient (Wildman–Crippen LogP) is 4.83. The quantitative estimate of drug-likeness (QED) is 0.586. The number of ether oxygens (including phenoxy) is 1. The number of carbonyl (C=O) groups excluding carboxylic acids is 1. The Hall–Kier alpha value is -2.92. The fraction of sp³-hybridized carbons (Fsp3) is 0.227. The van der Waals surface area contributed by atoms with Gasteiger partial charge in [-0.1, -0.05) is 48.0 Å². The molecule has 1 aromatic heterocycles. The van der Waals surface area contributed by atoms with E-state index < -0.39 is 11.6 Å². The molecule has 2 aromatic carbocycles. The average Bonchev–Trinajstić information content (AvgIpc) is 2.99. The van der Waals surface area contributed by atoms with Crippen molar-refractivity contribution >= 4 is 23.3 Å². The second-order valence-corrected chi connectivity index (χ2v) is 7.98. The number of nitrogens with zero attached hydrogens (tertiary/aromatic N) is 3. The van der Waals surface area contributed by atoms with Crippen molar-refractivity contribution in [3.05, 3.63) is 82.4 Å². The number of esters is 1. The number of para-hydroxylation sites is 1. The number of halogens is 1. The van der Waals surface area contributed by atoms with Crippen molar-refractivity contribution in [1.29, 1.82) is 0 Å².